The molecule has 0 N–H and O–H groups in total. The van der Waals surface area contributed by atoms with Crippen LogP contribution in [-0.2, 0) is 0 Å². The van der Waals surface area contributed by atoms with Gasteiger partial charge in [0.05, 0.1) is 11.9 Å². The first kappa shape index (κ1) is 22.2. The van der Waals surface area contributed by atoms with Gasteiger partial charge in [0.15, 0.2) is 0 Å². The Morgan fingerprint density at radius 1 is 0.667 bits per heavy atom. The summed E-state index contributed by atoms with van der Waals surface area (Å²) in [4.78, 5) is -6.34. The molecule has 168 valence electrons. The van der Waals surface area contributed by atoms with Crippen LogP contribution < -0.4 is 0 Å². The van der Waals surface area contributed by atoms with Gasteiger partial charge in [-0.3, -0.25) is 0 Å². The summed E-state index contributed by atoms with van der Waals surface area (Å²) < 4.78 is 144. The van der Waals surface area contributed by atoms with Crippen LogP contribution >= 0.6 is 20.4 Å². The molecule has 0 spiro atoms. The van der Waals surface area contributed by atoms with Crippen molar-refractivity contribution >= 4 is 20.4 Å². The zero-order valence-corrected chi connectivity index (χ0v) is 15.6. The fourth-order valence-corrected chi connectivity index (χ4v) is 3.74. The normalized spacial score (nSPS) is 17.6. The summed E-state index contributed by atoms with van der Waals surface area (Å²) in [5.41, 5.74) is -1.48. The molecule has 0 fully saturated rings. The molecular weight excluding hydrogens is 483 g/mol. The third-order valence-electron chi connectivity index (χ3n) is 3.65. The lowest BCUT2D eigenvalue weighted by Crippen LogP contribution is -2.12. The minimum absolute atomic E-state index is 0.111. The molecule has 0 atom stereocenters. The van der Waals surface area contributed by atoms with Gasteiger partial charge in [0.1, 0.15) is 21.3 Å². The van der Waals surface area contributed by atoms with E-state index < -0.39 is 59.9 Å². The van der Waals surface area contributed by atoms with Crippen molar-refractivity contribution in [3.8, 4) is 16.9 Å². The van der Waals surface area contributed by atoms with Gasteiger partial charge in [-0.2, -0.15) is 0 Å². The Morgan fingerprint density at radius 3 is 1.57 bits per heavy atom. The number of hydrogen-bond donors (Lipinski definition) is 0. The van der Waals surface area contributed by atoms with E-state index in [9.17, 15) is 43.2 Å². The van der Waals surface area contributed by atoms with E-state index in [2.05, 4.69) is 10.3 Å². The van der Waals surface area contributed by atoms with Gasteiger partial charge in [0.25, 0.3) is 0 Å². The SMILES string of the molecule is Fc1ccc(-c2cn(-c3cc(S(F)(F)(F)(F)F)cc(S(F)(F)(F)(F)F)c3)nn2)cc1. The van der Waals surface area contributed by atoms with Crippen molar-refractivity contribution in [3.63, 3.8) is 0 Å². The molecule has 0 unspecified atom stereocenters. The number of rotatable bonds is 4. The highest BCUT2D eigenvalue weighted by Crippen LogP contribution is 3.05. The van der Waals surface area contributed by atoms with E-state index in [-0.39, 0.29) is 15.9 Å². The van der Waals surface area contributed by atoms with Crippen LogP contribution in [0.5, 0.6) is 0 Å². The van der Waals surface area contributed by atoms with Crippen LogP contribution in [0.15, 0.2) is 58.5 Å². The summed E-state index contributed by atoms with van der Waals surface area (Å²) >= 11 is 0. The maximum atomic E-state index is 13.1. The monoisotopic (exact) mass is 491 g/mol. The maximum absolute atomic E-state index is 13.1. The molecule has 0 radical (unpaired) electrons. The lowest BCUT2D eigenvalue weighted by molar-refractivity contribution is 0.360. The Balaban J connectivity index is 2.25. The first-order valence-electron chi connectivity index (χ1n) is 7.34. The summed E-state index contributed by atoms with van der Waals surface area (Å²) in [5.74, 6) is -0.671. The van der Waals surface area contributed by atoms with Crippen LogP contribution in [0.3, 0.4) is 0 Å². The third-order valence-corrected chi connectivity index (χ3v) is 5.91. The van der Waals surface area contributed by atoms with Crippen molar-refractivity contribution in [3.05, 3.63) is 54.5 Å². The fourth-order valence-electron chi connectivity index (χ4n) is 2.28. The molecule has 0 aliphatic heterocycles. The van der Waals surface area contributed by atoms with E-state index in [1.807, 2.05) is 0 Å². The van der Waals surface area contributed by atoms with E-state index >= 15 is 0 Å². The third kappa shape index (κ3) is 4.80. The Bertz CT molecular complexity index is 1100. The van der Waals surface area contributed by atoms with Crippen molar-refractivity contribution in [2.45, 2.75) is 9.79 Å². The molecule has 3 nitrogen and oxygen atoms in total. The highest BCUT2D eigenvalue weighted by atomic mass is 32.5. The molecule has 0 saturated heterocycles. The molecule has 0 saturated carbocycles. The number of halogens is 11. The standard InChI is InChI=1S/C14H8F11N3S2/c15-10-3-1-9(2-4-10)14-8-28(27-26-14)11-5-12(29(16,17,18,19)20)7-13(6-11)30(21,22,23,24)25/h1-8H. The van der Waals surface area contributed by atoms with Crippen LogP contribution in [0, 0.1) is 5.82 Å². The summed E-state index contributed by atoms with van der Waals surface area (Å²) in [6.07, 6.45) is 0.701. The first-order chi connectivity index (χ1) is 13.0. The largest absolute Gasteiger partial charge is 0.310 e. The molecule has 2 aromatic carbocycles. The van der Waals surface area contributed by atoms with Gasteiger partial charge in [-0.25, -0.2) is 9.07 Å². The lowest BCUT2D eigenvalue weighted by Gasteiger charge is -2.44. The highest BCUT2D eigenvalue weighted by Gasteiger charge is 2.69. The van der Waals surface area contributed by atoms with E-state index in [0.717, 1.165) is 24.3 Å². The van der Waals surface area contributed by atoms with Crippen LogP contribution in [0.4, 0.5) is 43.2 Å². The summed E-state index contributed by atoms with van der Waals surface area (Å²) in [6, 6.07) is 1.95. The van der Waals surface area contributed by atoms with Crippen LogP contribution in [0.1, 0.15) is 0 Å². The van der Waals surface area contributed by atoms with Crippen molar-refractivity contribution in [1.29, 1.82) is 0 Å². The van der Waals surface area contributed by atoms with Crippen LogP contribution in [0.25, 0.3) is 16.9 Å². The highest BCUT2D eigenvalue weighted by molar-refractivity contribution is 8.46. The van der Waals surface area contributed by atoms with Gasteiger partial charge in [0.2, 0.25) is 0 Å². The van der Waals surface area contributed by atoms with Crippen molar-refractivity contribution in [2.24, 2.45) is 0 Å². The Hall–Kier alpha value is -2.49. The molecule has 3 rings (SSSR count). The Morgan fingerprint density at radius 2 is 1.13 bits per heavy atom. The van der Waals surface area contributed by atoms with Gasteiger partial charge in [-0.05, 0) is 42.5 Å². The van der Waals surface area contributed by atoms with Crippen molar-refractivity contribution in [2.75, 3.05) is 0 Å². The second kappa shape index (κ2) is 5.04. The lowest BCUT2D eigenvalue weighted by atomic mass is 10.2. The fraction of sp³-hybridized carbons (Fsp3) is 0. The summed E-state index contributed by atoms with van der Waals surface area (Å²) in [7, 11) is -21.6. The van der Waals surface area contributed by atoms with Crippen LogP contribution in [-0.4, -0.2) is 15.0 Å². The van der Waals surface area contributed by atoms with Crippen molar-refractivity contribution < 1.29 is 43.2 Å². The zero-order valence-electron chi connectivity index (χ0n) is 13.9. The van der Waals surface area contributed by atoms with E-state index in [0.29, 0.717) is 6.20 Å². The Kier molecular flexibility index (Phi) is 3.73. The number of aromatic nitrogens is 3. The van der Waals surface area contributed by atoms with E-state index in [4.69, 9.17) is 0 Å². The molecule has 0 bridgehead atoms. The molecular formula is C14H8F11N3S2. The zero-order chi connectivity index (χ0) is 22.9. The van der Waals surface area contributed by atoms with E-state index in [1.165, 1.54) is 0 Å². The predicted molar refractivity (Wildman–Crippen MR) is 89.5 cm³/mol. The molecule has 0 aliphatic carbocycles. The quantitative estimate of drug-likeness (QED) is 0.343. The predicted octanol–water partition coefficient (Wildman–Crippen LogP) is 8.39. The van der Waals surface area contributed by atoms with Gasteiger partial charge >= 0.3 is 20.4 Å². The van der Waals surface area contributed by atoms with E-state index in [1.54, 1.807) is 0 Å². The number of hydrogen-bond acceptors (Lipinski definition) is 2. The summed E-state index contributed by atoms with van der Waals surface area (Å²) in [6.45, 7) is 0. The average Bonchev–Trinajstić information content (AvgIpc) is 3.01. The molecule has 0 amide bonds. The maximum Gasteiger partial charge on any atom is 0.310 e. The van der Waals surface area contributed by atoms with Gasteiger partial charge in [-0.15, -0.1) is 5.10 Å². The topological polar surface area (TPSA) is 30.7 Å². The van der Waals surface area contributed by atoms with Gasteiger partial charge in [-0.1, -0.05) is 44.1 Å². The Labute approximate surface area is 160 Å². The molecule has 1 heterocycles. The molecule has 1 aromatic heterocycles. The minimum Gasteiger partial charge on any atom is -0.220 e. The minimum atomic E-state index is -10.8. The average molecular weight is 491 g/mol. The second-order valence-corrected chi connectivity index (χ2v) is 11.0. The smallest absolute Gasteiger partial charge is 0.220 e. The molecule has 0 aliphatic rings. The summed E-state index contributed by atoms with van der Waals surface area (Å²) in [5, 5.41) is 6.61. The van der Waals surface area contributed by atoms with Gasteiger partial charge in [0, 0.05) is 5.56 Å². The molecule has 16 heteroatoms. The second-order valence-electron chi connectivity index (χ2n) is 6.16. The number of nitrogens with zero attached hydrogens (tertiary/aromatic N) is 3. The molecule has 30 heavy (non-hydrogen) atoms. The van der Waals surface area contributed by atoms with Crippen LogP contribution in [0.2, 0.25) is 0 Å². The number of benzene rings is 2. The van der Waals surface area contributed by atoms with Gasteiger partial charge < -0.3 is 0 Å². The van der Waals surface area contributed by atoms with Crippen molar-refractivity contribution in [1.82, 2.24) is 15.0 Å². The first-order valence-corrected chi connectivity index (χ1v) is 11.2. The molecule has 3 aromatic rings.